The van der Waals surface area contributed by atoms with Crippen molar-refractivity contribution >= 4 is 79.7 Å². The first-order valence-corrected chi connectivity index (χ1v) is 20.0. The normalized spacial score (nSPS) is 11.2. The molecular formula is C42H36N8O4S2. The van der Waals surface area contributed by atoms with Crippen LogP contribution in [0.4, 0.5) is 11.4 Å². The zero-order valence-electron chi connectivity index (χ0n) is 30.5. The number of carbonyl (C=O) groups excluding carboxylic acids is 2. The number of fused-ring (bicyclic) bond motifs is 3. The van der Waals surface area contributed by atoms with Crippen LogP contribution < -0.4 is 20.1 Å². The predicted molar refractivity (Wildman–Crippen MR) is 224 cm³/mol. The number of aromatic nitrogens is 6. The maximum atomic E-state index is 13.1. The van der Waals surface area contributed by atoms with Gasteiger partial charge in [-0.05, 0) is 80.6 Å². The van der Waals surface area contributed by atoms with E-state index in [2.05, 4.69) is 30.6 Å². The first-order chi connectivity index (χ1) is 27.4. The van der Waals surface area contributed by atoms with Gasteiger partial charge < -0.3 is 30.1 Å². The number of thioether (sulfide) groups is 2. The SMILES string of the molecule is CCOc1ccc2nc(SCC(=O)Nc3ccc(-c4nc(-c5ccccc5)c5cc(NC(=O)CSc6nc7ccc(OCC)cc7[nH]6)ccc5n4)cc3)[nH]c2c1. The standard InChI is InChI=1S/C42H36N8O4S2/c1-3-53-29-15-18-33-35(21-29)48-41(46-33)55-23-37(51)43-27-12-10-26(11-13-27)40-45-32-17-14-28(20-31(32)39(50-40)25-8-6-5-7-9-25)44-38(52)24-56-42-47-34-19-16-30(54-4-2)22-36(34)49-42/h5-22H,3-4,23-24H2,1-2H3,(H,43,51)(H,44,52)(H,46,48)(H,47,49). The van der Waals surface area contributed by atoms with Crippen LogP contribution in [-0.2, 0) is 9.59 Å². The number of imidazole rings is 2. The molecule has 0 aliphatic heterocycles. The molecule has 0 bridgehead atoms. The third-order valence-electron chi connectivity index (χ3n) is 8.62. The van der Waals surface area contributed by atoms with Gasteiger partial charge in [-0.3, -0.25) is 9.59 Å². The Morgan fingerprint density at radius 1 is 0.589 bits per heavy atom. The van der Waals surface area contributed by atoms with Gasteiger partial charge in [0.15, 0.2) is 16.1 Å². The van der Waals surface area contributed by atoms with Crippen LogP contribution in [0.1, 0.15) is 13.8 Å². The number of ether oxygens (including phenoxy) is 2. The molecule has 0 saturated heterocycles. The summed E-state index contributed by atoms with van der Waals surface area (Å²) in [4.78, 5) is 51.5. The van der Waals surface area contributed by atoms with Gasteiger partial charge in [-0.25, -0.2) is 19.9 Å². The fraction of sp³-hybridized carbons (Fsp3) is 0.143. The molecule has 2 amide bonds. The molecule has 0 saturated carbocycles. The highest BCUT2D eigenvalue weighted by Crippen LogP contribution is 2.32. The molecular weight excluding hydrogens is 745 g/mol. The van der Waals surface area contributed by atoms with Gasteiger partial charge in [-0.2, -0.15) is 0 Å². The monoisotopic (exact) mass is 780 g/mol. The fourth-order valence-electron chi connectivity index (χ4n) is 6.10. The van der Waals surface area contributed by atoms with Crippen molar-refractivity contribution in [2.24, 2.45) is 0 Å². The first-order valence-electron chi connectivity index (χ1n) is 18.0. The van der Waals surface area contributed by atoms with E-state index in [-0.39, 0.29) is 23.3 Å². The van der Waals surface area contributed by atoms with E-state index in [0.717, 1.165) is 61.3 Å². The van der Waals surface area contributed by atoms with Crippen LogP contribution in [0.25, 0.3) is 55.6 Å². The number of benzene rings is 5. The topological polar surface area (TPSA) is 160 Å². The molecule has 0 unspecified atom stereocenters. The molecule has 0 aliphatic rings. The molecule has 4 N–H and O–H groups in total. The number of H-pyrrole nitrogens is 2. The Kier molecular flexibility index (Phi) is 10.8. The molecule has 3 aromatic heterocycles. The van der Waals surface area contributed by atoms with Gasteiger partial charge in [0.25, 0.3) is 0 Å². The first kappa shape index (κ1) is 36.6. The van der Waals surface area contributed by atoms with Crippen molar-refractivity contribution in [2.45, 2.75) is 24.2 Å². The summed E-state index contributed by atoms with van der Waals surface area (Å²) in [5.41, 5.74) is 7.79. The molecule has 8 aromatic rings. The number of amides is 2. The minimum Gasteiger partial charge on any atom is -0.494 e. The summed E-state index contributed by atoms with van der Waals surface area (Å²) in [6, 6.07) is 34.3. The number of carbonyl (C=O) groups is 2. The Labute approximate surface area is 330 Å². The fourth-order valence-corrected chi connectivity index (χ4v) is 7.47. The second-order valence-electron chi connectivity index (χ2n) is 12.6. The highest BCUT2D eigenvalue weighted by Gasteiger charge is 2.15. The molecule has 8 rings (SSSR count). The molecule has 14 heteroatoms. The minimum absolute atomic E-state index is 0.154. The zero-order valence-corrected chi connectivity index (χ0v) is 32.1. The van der Waals surface area contributed by atoms with Gasteiger partial charge >= 0.3 is 0 Å². The van der Waals surface area contributed by atoms with Gasteiger partial charge in [0.2, 0.25) is 11.8 Å². The van der Waals surface area contributed by atoms with E-state index in [9.17, 15) is 9.59 Å². The molecule has 3 heterocycles. The van der Waals surface area contributed by atoms with Crippen molar-refractivity contribution < 1.29 is 19.1 Å². The van der Waals surface area contributed by atoms with Crippen molar-refractivity contribution in [3.63, 3.8) is 0 Å². The summed E-state index contributed by atoms with van der Waals surface area (Å²) in [7, 11) is 0. The van der Waals surface area contributed by atoms with Crippen LogP contribution in [0.15, 0.2) is 120 Å². The van der Waals surface area contributed by atoms with Crippen LogP contribution in [-0.4, -0.2) is 66.4 Å². The summed E-state index contributed by atoms with van der Waals surface area (Å²) < 4.78 is 11.2. The van der Waals surface area contributed by atoms with Crippen molar-refractivity contribution in [3.05, 3.63) is 109 Å². The Hall–Kier alpha value is -6.38. The Bertz CT molecular complexity index is 2680. The zero-order chi connectivity index (χ0) is 38.4. The Morgan fingerprint density at radius 2 is 1.14 bits per heavy atom. The number of hydrogen-bond donors (Lipinski definition) is 4. The van der Waals surface area contributed by atoms with Crippen LogP contribution in [0.3, 0.4) is 0 Å². The van der Waals surface area contributed by atoms with E-state index < -0.39 is 0 Å². The van der Waals surface area contributed by atoms with E-state index in [1.54, 1.807) is 0 Å². The Morgan fingerprint density at radius 3 is 1.73 bits per heavy atom. The highest BCUT2D eigenvalue weighted by molar-refractivity contribution is 8.00. The van der Waals surface area contributed by atoms with E-state index in [0.29, 0.717) is 40.7 Å². The average Bonchev–Trinajstić information content (AvgIpc) is 3.83. The quantitative estimate of drug-likeness (QED) is 0.0785. The second kappa shape index (κ2) is 16.6. The molecule has 0 spiro atoms. The third-order valence-corrected chi connectivity index (χ3v) is 10.4. The molecule has 0 fully saturated rings. The van der Waals surface area contributed by atoms with Crippen molar-refractivity contribution in [1.29, 1.82) is 0 Å². The lowest BCUT2D eigenvalue weighted by molar-refractivity contribution is -0.114. The minimum atomic E-state index is -0.166. The Balaban J connectivity index is 0.941. The van der Waals surface area contributed by atoms with Crippen LogP contribution in [0, 0.1) is 0 Å². The van der Waals surface area contributed by atoms with E-state index in [4.69, 9.17) is 19.4 Å². The summed E-state index contributed by atoms with van der Waals surface area (Å²) in [5.74, 6) is 2.11. The number of anilines is 2. The number of nitrogens with zero attached hydrogens (tertiary/aromatic N) is 4. The van der Waals surface area contributed by atoms with Crippen LogP contribution >= 0.6 is 23.5 Å². The second-order valence-corrected chi connectivity index (χ2v) is 14.5. The molecule has 0 radical (unpaired) electrons. The third kappa shape index (κ3) is 8.46. The van der Waals surface area contributed by atoms with Crippen LogP contribution in [0.2, 0.25) is 0 Å². The lowest BCUT2D eigenvalue weighted by atomic mass is 10.0. The summed E-state index contributed by atoms with van der Waals surface area (Å²) in [5, 5.41) is 8.09. The summed E-state index contributed by atoms with van der Waals surface area (Å²) in [6.07, 6.45) is 0. The van der Waals surface area contributed by atoms with Gasteiger partial charge in [0.1, 0.15) is 11.5 Å². The van der Waals surface area contributed by atoms with Gasteiger partial charge in [-0.15, -0.1) is 0 Å². The molecule has 280 valence electrons. The molecule has 12 nitrogen and oxygen atoms in total. The van der Waals surface area contributed by atoms with E-state index in [1.165, 1.54) is 23.5 Å². The van der Waals surface area contributed by atoms with E-state index in [1.807, 2.05) is 123 Å². The maximum absolute atomic E-state index is 13.1. The van der Waals surface area contributed by atoms with Gasteiger partial charge in [0.05, 0.1) is 58.0 Å². The van der Waals surface area contributed by atoms with Crippen molar-refractivity contribution in [1.82, 2.24) is 29.9 Å². The lowest BCUT2D eigenvalue weighted by Gasteiger charge is -2.12. The van der Waals surface area contributed by atoms with E-state index >= 15 is 0 Å². The molecule has 0 aliphatic carbocycles. The summed E-state index contributed by atoms with van der Waals surface area (Å²) in [6.45, 7) is 5.04. The average molecular weight is 781 g/mol. The number of nitrogens with one attached hydrogen (secondary N) is 4. The number of aromatic amines is 2. The summed E-state index contributed by atoms with van der Waals surface area (Å²) >= 11 is 2.66. The molecule has 5 aromatic carbocycles. The maximum Gasteiger partial charge on any atom is 0.234 e. The van der Waals surface area contributed by atoms with Gasteiger partial charge in [-0.1, -0.05) is 53.9 Å². The molecule has 0 atom stereocenters. The molecule has 56 heavy (non-hydrogen) atoms. The predicted octanol–water partition coefficient (Wildman–Crippen LogP) is 8.98. The largest absolute Gasteiger partial charge is 0.494 e. The van der Waals surface area contributed by atoms with Crippen LogP contribution in [0.5, 0.6) is 11.5 Å². The van der Waals surface area contributed by atoms with Crippen molar-refractivity contribution in [2.75, 3.05) is 35.4 Å². The highest BCUT2D eigenvalue weighted by atomic mass is 32.2. The number of hydrogen-bond acceptors (Lipinski definition) is 10. The van der Waals surface area contributed by atoms with Crippen molar-refractivity contribution in [3.8, 4) is 34.1 Å². The van der Waals surface area contributed by atoms with Gasteiger partial charge in [0, 0.05) is 40.0 Å². The number of rotatable bonds is 14. The smallest absolute Gasteiger partial charge is 0.234 e. The lowest BCUT2D eigenvalue weighted by Crippen LogP contribution is -2.14.